The fourth-order valence-corrected chi connectivity index (χ4v) is 4.43. The number of nitrogens with zero attached hydrogens (tertiary/aromatic N) is 2. The lowest BCUT2D eigenvalue weighted by Gasteiger charge is -2.21. The molecule has 1 aromatic rings. The van der Waals surface area contributed by atoms with Gasteiger partial charge in [0.05, 0.1) is 0 Å². The third kappa shape index (κ3) is 4.24. The molecule has 0 amide bonds. The second-order valence-electron chi connectivity index (χ2n) is 4.29. The number of nitrogen functional groups attached to an aromatic ring is 1. The summed E-state index contributed by atoms with van der Waals surface area (Å²) in [6, 6.07) is 1.82. The summed E-state index contributed by atoms with van der Waals surface area (Å²) >= 11 is 4.08. The molecule has 1 saturated heterocycles. The number of anilines is 2. The predicted octanol–water partition coefficient (Wildman–Crippen LogP) is 2.27. The van der Waals surface area contributed by atoms with E-state index in [0.29, 0.717) is 11.1 Å². The molecule has 0 aromatic carbocycles. The van der Waals surface area contributed by atoms with E-state index in [2.05, 4.69) is 22.2 Å². The van der Waals surface area contributed by atoms with E-state index in [0.717, 1.165) is 31.0 Å². The van der Waals surface area contributed by atoms with Crippen LogP contribution in [0.2, 0.25) is 0 Å². The molecular weight excluding hydrogens is 264 g/mol. The van der Waals surface area contributed by atoms with E-state index in [4.69, 9.17) is 5.73 Å². The average Bonchev–Trinajstić information content (AvgIpc) is 2.37. The molecule has 1 fully saturated rings. The van der Waals surface area contributed by atoms with Crippen molar-refractivity contribution in [1.29, 1.82) is 0 Å². The summed E-state index contributed by atoms with van der Waals surface area (Å²) in [5.74, 6) is 6.02. The van der Waals surface area contributed by atoms with Crippen molar-refractivity contribution < 1.29 is 0 Å². The Morgan fingerprint density at radius 1 is 1.44 bits per heavy atom. The van der Waals surface area contributed by atoms with Crippen molar-refractivity contribution in [2.45, 2.75) is 25.0 Å². The molecular formula is C12H20N4S2. The predicted molar refractivity (Wildman–Crippen MR) is 82.5 cm³/mol. The maximum atomic E-state index is 5.80. The van der Waals surface area contributed by atoms with Crippen LogP contribution in [0.15, 0.2) is 6.07 Å². The Hall–Kier alpha value is -0.620. The van der Waals surface area contributed by atoms with E-state index in [1.165, 1.54) is 17.3 Å². The van der Waals surface area contributed by atoms with Gasteiger partial charge in [0.15, 0.2) is 0 Å². The summed E-state index contributed by atoms with van der Waals surface area (Å²) in [5.41, 5.74) is 5.80. The monoisotopic (exact) mass is 284 g/mol. The van der Waals surface area contributed by atoms with E-state index in [1.807, 2.05) is 29.6 Å². The van der Waals surface area contributed by atoms with Crippen LogP contribution in [0.5, 0.6) is 0 Å². The molecule has 3 N–H and O–H groups in total. The van der Waals surface area contributed by atoms with Gasteiger partial charge in [-0.2, -0.15) is 23.5 Å². The lowest BCUT2D eigenvalue weighted by atomic mass is 10.3. The van der Waals surface area contributed by atoms with Gasteiger partial charge in [-0.15, -0.1) is 0 Å². The summed E-state index contributed by atoms with van der Waals surface area (Å²) in [7, 11) is 0. The Balaban J connectivity index is 1.91. The number of rotatable bonds is 5. The normalized spacial score (nSPS) is 19.7. The molecule has 100 valence electrons. The zero-order valence-corrected chi connectivity index (χ0v) is 12.3. The van der Waals surface area contributed by atoms with Gasteiger partial charge in [-0.25, -0.2) is 9.97 Å². The smallest absolute Gasteiger partial charge is 0.133 e. The van der Waals surface area contributed by atoms with Crippen molar-refractivity contribution in [3.63, 3.8) is 0 Å². The first-order valence-electron chi connectivity index (χ1n) is 6.34. The van der Waals surface area contributed by atoms with Crippen LogP contribution in [0.4, 0.5) is 11.6 Å². The van der Waals surface area contributed by atoms with E-state index >= 15 is 0 Å². The molecule has 4 nitrogen and oxygen atoms in total. The SMILES string of the molecule is CCCc1nc(N)cc(NCC2CSCCS2)n1. The molecule has 1 aliphatic rings. The second-order valence-corrected chi connectivity index (χ2v) is 6.85. The highest BCUT2D eigenvalue weighted by Gasteiger charge is 2.14. The first-order valence-corrected chi connectivity index (χ1v) is 8.55. The molecule has 1 aliphatic heterocycles. The zero-order valence-electron chi connectivity index (χ0n) is 10.7. The molecule has 2 heterocycles. The minimum absolute atomic E-state index is 0.557. The minimum atomic E-state index is 0.557. The number of thioether (sulfide) groups is 2. The zero-order chi connectivity index (χ0) is 12.8. The third-order valence-corrected chi connectivity index (χ3v) is 5.51. The molecule has 0 aliphatic carbocycles. The molecule has 0 spiro atoms. The van der Waals surface area contributed by atoms with Gasteiger partial charge >= 0.3 is 0 Å². The quantitative estimate of drug-likeness (QED) is 0.865. The highest BCUT2D eigenvalue weighted by atomic mass is 32.2. The summed E-state index contributed by atoms with van der Waals surface area (Å²) in [5, 5.41) is 4.06. The van der Waals surface area contributed by atoms with Gasteiger partial charge in [-0.3, -0.25) is 0 Å². The fourth-order valence-electron chi connectivity index (χ4n) is 1.82. The Bertz CT molecular complexity index is 380. The molecule has 6 heteroatoms. The number of hydrogen-bond donors (Lipinski definition) is 2. The van der Waals surface area contributed by atoms with Crippen LogP contribution in [-0.2, 0) is 6.42 Å². The lowest BCUT2D eigenvalue weighted by molar-refractivity contribution is 0.835. The summed E-state index contributed by atoms with van der Waals surface area (Å²) in [4.78, 5) is 8.73. The Morgan fingerprint density at radius 3 is 3.06 bits per heavy atom. The van der Waals surface area contributed by atoms with Crippen molar-refractivity contribution in [3.8, 4) is 0 Å². The van der Waals surface area contributed by atoms with Gasteiger partial charge in [0.1, 0.15) is 17.5 Å². The van der Waals surface area contributed by atoms with E-state index < -0.39 is 0 Å². The van der Waals surface area contributed by atoms with Gasteiger partial charge in [0, 0.05) is 41.5 Å². The molecule has 1 unspecified atom stereocenters. The Kier molecular flexibility index (Phi) is 5.44. The third-order valence-electron chi connectivity index (χ3n) is 2.66. The molecule has 0 saturated carbocycles. The van der Waals surface area contributed by atoms with Crippen molar-refractivity contribution >= 4 is 35.2 Å². The largest absolute Gasteiger partial charge is 0.384 e. The average molecular weight is 284 g/mol. The van der Waals surface area contributed by atoms with Gasteiger partial charge in [0.25, 0.3) is 0 Å². The number of hydrogen-bond acceptors (Lipinski definition) is 6. The van der Waals surface area contributed by atoms with Crippen LogP contribution in [0.25, 0.3) is 0 Å². The van der Waals surface area contributed by atoms with Gasteiger partial charge in [-0.05, 0) is 6.42 Å². The number of aryl methyl sites for hydroxylation is 1. The second kappa shape index (κ2) is 7.09. The molecule has 1 atom stereocenters. The topological polar surface area (TPSA) is 63.8 Å². The van der Waals surface area contributed by atoms with Crippen molar-refractivity contribution in [2.24, 2.45) is 0 Å². The molecule has 0 radical (unpaired) electrons. The molecule has 0 bridgehead atoms. The van der Waals surface area contributed by atoms with E-state index in [-0.39, 0.29) is 0 Å². The number of aromatic nitrogens is 2. The summed E-state index contributed by atoms with van der Waals surface area (Å²) in [6.07, 6.45) is 1.92. The standard InChI is InChI=1S/C12H20N4S2/c1-2-3-11-15-10(13)6-12(16-11)14-7-9-8-17-4-5-18-9/h6,9H,2-5,7-8H2,1H3,(H3,13,14,15,16). The Morgan fingerprint density at radius 2 is 2.33 bits per heavy atom. The van der Waals surface area contributed by atoms with Crippen LogP contribution >= 0.6 is 23.5 Å². The van der Waals surface area contributed by atoms with Crippen molar-refractivity contribution in [1.82, 2.24) is 9.97 Å². The first kappa shape index (κ1) is 13.8. The summed E-state index contributed by atoms with van der Waals surface area (Å²) in [6.45, 7) is 3.08. The van der Waals surface area contributed by atoms with Crippen LogP contribution < -0.4 is 11.1 Å². The summed E-state index contributed by atoms with van der Waals surface area (Å²) < 4.78 is 0. The fraction of sp³-hybridized carbons (Fsp3) is 0.667. The first-order chi connectivity index (χ1) is 8.78. The molecule has 18 heavy (non-hydrogen) atoms. The number of nitrogens with two attached hydrogens (primary N) is 1. The van der Waals surface area contributed by atoms with Gasteiger partial charge in [-0.1, -0.05) is 6.92 Å². The van der Waals surface area contributed by atoms with E-state index in [1.54, 1.807) is 0 Å². The molecule has 2 rings (SSSR count). The van der Waals surface area contributed by atoms with Gasteiger partial charge < -0.3 is 11.1 Å². The maximum Gasteiger partial charge on any atom is 0.133 e. The minimum Gasteiger partial charge on any atom is -0.384 e. The van der Waals surface area contributed by atoms with Crippen molar-refractivity contribution in [3.05, 3.63) is 11.9 Å². The highest BCUT2D eigenvalue weighted by Crippen LogP contribution is 2.24. The highest BCUT2D eigenvalue weighted by molar-refractivity contribution is 8.06. The Labute approximate surface area is 117 Å². The maximum absolute atomic E-state index is 5.80. The molecule has 1 aromatic heterocycles. The van der Waals surface area contributed by atoms with Crippen LogP contribution in [0.1, 0.15) is 19.2 Å². The van der Waals surface area contributed by atoms with Crippen LogP contribution in [-0.4, -0.2) is 39.0 Å². The number of nitrogens with one attached hydrogen (secondary N) is 1. The van der Waals surface area contributed by atoms with Crippen LogP contribution in [0.3, 0.4) is 0 Å². The van der Waals surface area contributed by atoms with Gasteiger partial charge in [0.2, 0.25) is 0 Å². The van der Waals surface area contributed by atoms with E-state index in [9.17, 15) is 0 Å². The van der Waals surface area contributed by atoms with Crippen molar-refractivity contribution in [2.75, 3.05) is 34.9 Å². The van der Waals surface area contributed by atoms with Crippen LogP contribution in [0, 0.1) is 0 Å². The lowest BCUT2D eigenvalue weighted by Crippen LogP contribution is -2.23.